The second-order valence-electron chi connectivity index (χ2n) is 7.96. The van der Waals surface area contributed by atoms with E-state index in [-0.39, 0.29) is 19.1 Å². The van der Waals surface area contributed by atoms with Gasteiger partial charge in [-0.3, -0.25) is 4.79 Å². The number of carboxylic acids is 1. The molecule has 4 N–H and O–H groups in total. The number of aliphatic carboxylic acids is 1. The van der Waals surface area contributed by atoms with Crippen molar-refractivity contribution in [2.24, 2.45) is 5.73 Å². The van der Waals surface area contributed by atoms with Crippen LogP contribution in [0.15, 0.2) is 0 Å². The van der Waals surface area contributed by atoms with Gasteiger partial charge >= 0.3 is 5.97 Å². The third-order valence-electron chi connectivity index (χ3n) is 5.19. The molecule has 0 aliphatic rings. The van der Waals surface area contributed by atoms with Crippen LogP contribution in [0, 0.1) is 0 Å². The highest BCUT2D eigenvalue weighted by molar-refractivity contribution is 5.66. The molecule has 0 rings (SSSR count). The standard InChI is InChI=1S/C22H46N2O3/c1-2-3-4-5-6-7-8-9-10-13-17-24(20-21(23)16-19-25)18-14-11-12-15-22(26)27/h21,25H,2-20,23H2,1H3,(H,26,27). The van der Waals surface area contributed by atoms with Gasteiger partial charge in [0.05, 0.1) is 0 Å². The topological polar surface area (TPSA) is 86.8 Å². The monoisotopic (exact) mass is 386 g/mol. The van der Waals surface area contributed by atoms with Crippen molar-refractivity contribution in [1.29, 1.82) is 0 Å². The molecular weight excluding hydrogens is 340 g/mol. The average molecular weight is 387 g/mol. The maximum atomic E-state index is 10.6. The third-order valence-corrected chi connectivity index (χ3v) is 5.19. The summed E-state index contributed by atoms with van der Waals surface area (Å²) < 4.78 is 0. The quantitative estimate of drug-likeness (QED) is 0.252. The number of rotatable bonds is 21. The van der Waals surface area contributed by atoms with E-state index >= 15 is 0 Å². The first-order valence-corrected chi connectivity index (χ1v) is 11.4. The summed E-state index contributed by atoms with van der Waals surface area (Å²) in [6, 6.07) is 0.0251. The minimum atomic E-state index is -0.706. The molecule has 162 valence electrons. The van der Waals surface area contributed by atoms with Crippen molar-refractivity contribution >= 4 is 5.97 Å². The molecule has 0 aromatic rings. The molecule has 0 radical (unpaired) electrons. The minimum absolute atomic E-state index is 0.0251. The molecule has 0 spiro atoms. The Morgan fingerprint density at radius 1 is 0.852 bits per heavy atom. The van der Waals surface area contributed by atoms with Crippen LogP contribution in [0.3, 0.4) is 0 Å². The Balaban J connectivity index is 3.80. The molecule has 0 aliphatic carbocycles. The molecule has 0 bridgehead atoms. The van der Waals surface area contributed by atoms with E-state index in [1.165, 1.54) is 64.2 Å². The van der Waals surface area contributed by atoms with E-state index in [9.17, 15) is 4.79 Å². The zero-order valence-electron chi connectivity index (χ0n) is 17.8. The summed E-state index contributed by atoms with van der Waals surface area (Å²) in [6.07, 6.45) is 17.1. The van der Waals surface area contributed by atoms with Crippen LogP contribution in [-0.2, 0) is 4.79 Å². The van der Waals surface area contributed by atoms with Crippen molar-refractivity contribution in [2.75, 3.05) is 26.2 Å². The van der Waals surface area contributed by atoms with Gasteiger partial charge in [0.25, 0.3) is 0 Å². The number of unbranched alkanes of at least 4 members (excludes halogenated alkanes) is 11. The summed E-state index contributed by atoms with van der Waals surface area (Å²) in [5.74, 6) is -0.706. The van der Waals surface area contributed by atoms with Crippen LogP contribution >= 0.6 is 0 Å². The smallest absolute Gasteiger partial charge is 0.303 e. The summed E-state index contributed by atoms with van der Waals surface area (Å²) in [7, 11) is 0. The van der Waals surface area contributed by atoms with Crippen molar-refractivity contribution in [3.8, 4) is 0 Å². The maximum absolute atomic E-state index is 10.6. The number of hydrogen-bond acceptors (Lipinski definition) is 4. The fraction of sp³-hybridized carbons (Fsp3) is 0.955. The van der Waals surface area contributed by atoms with Crippen molar-refractivity contribution in [1.82, 2.24) is 4.90 Å². The van der Waals surface area contributed by atoms with E-state index in [0.29, 0.717) is 6.42 Å². The molecule has 27 heavy (non-hydrogen) atoms. The number of aliphatic hydroxyl groups is 1. The van der Waals surface area contributed by atoms with E-state index in [4.69, 9.17) is 15.9 Å². The van der Waals surface area contributed by atoms with Crippen molar-refractivity contribution in [3.63, 3.8) is 0 Å². The van der Waals surface area contributed by atoms with Crippen LogP contribution in [0.5, 0.6) is 0 Å². The number of nitrogens with zero attached hydrogens (tertiary/aromatic N) is 1. The predicted octanol–water partition coefficient (Wildman–Crippen LogP) is 4.56. The Hall–Kier alpha value is -0.650. The Labute approximate surface area is 167 Å². The van der Waals surface area contributed by atoms with E-state index in [1.807, 2.05) is 0 Å². The van der Waals surface area contributed by atoms with Gasteiger partial charge in [-0.1, -0.05) is 71.1 Å². The number of nitrogens with two attached hydrogens (primary N) is 1. The minimum Gasteiger partial charge on any atom is -0.481 e. The fourth-order valence-corrected chi connectivity index (χ4v) is 3.49. The van der Waals surface area contributed by atoms with E-state index in [0.717, 1.165) is 38.9 Å². The lowest BCUT2D eigenvalue weighted by Gasteiger charge is -2.25. The second kappa shape index (κ2) is 20.1. The van der Waals surface area contributed by atoms with Gasteiger partial charge in [0.15, 0.2) is 0 Å². The highest BCUT2D eigenvalue weighted by atomic mass is 16.4. The molecule has 0 aromatic heterocycles. The largest absolute Gasteiger partial charge is 0.481 e. The molecule has 5 nitrogen and oxygen atoms in total. The zero-order valence-corrected chi connectivity index (χ0v) is 17.8. The maximum Gasteiger partial charge on any atom is 0.303 e. The second-order valence-corrected chi connectivity index (χ2v) is 7.96. The van der Waals surface area contributed by atoms with Gasteiger partial charge in [0.1, 0.15) is 0 Å². The first-order valence-electron chi connectivity index (χ1n) is 11.4. The average Bonchev–Trinajstić information content (AvgIpc) is 2.62. The van der Waals surface area contributed by atoms with Crippen LogP contribution in [0.25, 0.3) is 0 Å². The van der Waals surface area contributed by atoms with Crippen molar-refractivity contribution in [3.05, 3.63) is 0 Å². The van der Waals surface area contributed by atoms with Gasteiger partial charge in [-0.05, 0) is 38.8 Å². The van der Waals surface area contributed by atoms with Crippen molar-refractivity contribution < 1.29 is 15.0 Å². The Morgan fingerprint density at radius 3 is 1.81 bits per heavy atom. The van der Waals surface area contributed by atoms with E-state index in [2.05, 4.69) is 11.8 Å². The van der Waals surface area contributed by atoms with Gasteiger partial charge in [-0.15, -0.1) is 0 Å². The van der Waals surface area contributed by atoms with Gasteiger partial charge in [0, 0.05) is 25.6 Å². The number of carboxylic acid groups (broad SMARTS) is 1. The van der Waals surface area contributed by atoms with E-state index in [1.54, 1.807) is 0 Å². The normalized spacial score (nSPS) is 12.6. The molecular formula is C22H46N2O3. The van der Waals surface area contributed by atoms with Crippen LogP contribution in [0.1, 0.15) is 103 Å². The van der Waals surface area contributed by atoms with Crippen LogP contribution < -0.4 is 5.73 Å². The van der Waals surface area contributed by atoms with Crippen LogP contribution in [0.2, 0.25) is 0 Å². The highest BCUT2D eigenvalue weighted by Crippen LogP contribution is 2.11. The summed E-state index contributed by atoms with van der Waals surface area (Å²) in [6.45, 7) is 5.28. The number of carbonyl (C=O) groups is 1. The first-order chi connectivity index (χ1) is 13.1. The number of hydrogen-bond donors (Lipinski definition) is 3. The van der Waals surface area contributed by atoms with Gasteiger partial charge in [-0.25, -0.2) is 0 Å². The molecule has 0 aromatic carbocycles. The molecule has 0 aliphatic heterocycles. The summed E-state index contributed by atoms with van der Waals surface area (Å²) in [5, 5.41) is 17.8. The lowest BCUT2D eigenvalue weighted by atomic mass is 10.1. The van der Waals surface area contributed by atoms with E-state index < -0.39 is 5.97 Å². The number of aliphatic hydroxyl groups excluding tert-OH is 1. The Bertz CT molecular complexity index is 327. The van der Waals surface area contributed by atoms with Gasteiger partial charge in [0.2, 0.25) is 0 Å². The highest BCUT2D eigenvalue weighted by Gasteiger charge is 2.10. The van der Waals surface area contributed by atoms with Gasteiger partial charge < -0.3 is 20.8 Å². The Morgan fingerprint density at radius 2 is 1.33 bits per heavy atom. The summed E-state index contributed by atoms with van der Waals surface area (Å²) in [5.41, 5.74) is 6.10. The molecule has 0 saturated heterocycles. The summed E-state index contributed by atoms with van der Waals surface area (Å²) >= 11 is 0. The third kappa shape index (κ3) is 19.9. The lowest BCUT2D eigenvalue weighted by Crippen LogP contribution is -2.39. The molecule has 1 atom stereocenters. The summed E-state index contributed by atoms with van der Waals surface area (Å²) in [4.78, 5) is 13.0. The van der Waals surface area contributed by atoms with Crippen molar-refractivity contribution in [2.45, 2.75) is 109 Å². The zero-order chi connectivity index (χ0) is 20.2. The van der Waals surface area contributed by atoms with Gasteiger partial charge in [-0.2, -0.15) is 0 Å². The van der Waals surface area contributed by atoms with Crippen LogP contribution in [-0.4, -0.2) is 53.4 Å². The molecule has 0 fully saturated rings. The molecule has 1 unspecified atom stereocenters. The SMILES string of the molecule is CCCCCCCCCCCCN(CCCCCC(=O)O)CC(N)CCO. The van der Waals surface area contributed by atoms with Crippen LogP contribution in [0.4, 0.5) is 0 Å². The first kappa shape index (κ1) is 26.4. The fourth-order valence-electron chi connectivity index (χ4n) is 3.49. The molecule has 0 saturated carbocycles. The molecule has 0 amide bonds. The Kier molecular flexibility index (Phi) is 19.6. The lowest BCUT2D eigenvalue weighted by molar-refractivity contribution is -0.137. The molecule has 0 heterocycles. The predicted molar refractivity (Wildman–Crippen MR) is 114 cm³/mol. The molecule has 5 heteroatoms.